The standard InChI is InChI=1S/C34H34N2O4/c1-21-7-17-27-34(38)36-28(18-8-22(2)32(36)26-15-11-24(12-16-26)30-6-4-20-40-30)33(37)35(27)31(21)25-13-9-23(10-14-25)29-5-3-19-39-29/h3-6,9-16,19-22,27-28,31-32H,7-8,17-18H2,1-2H3/t21-,22-,27+,28+,31-,32+/m1/s1. The lowest BCUT2D eigenvalue weighted by Gasteiger charge is -2.56. The van der Waals surface area contributed by atoms with E-state index in [-0.39, 0.29) is 35.7 Å². The molecule has 3 aliphatic rings. The first-order valence-electron chi connectivity index (χ1n) is 14.4. The molecule has 3 aliphatic heterocycles. The normalized spacial score (nSPS) is 28.4. The van der Waals surface area contributed by atoms with Gasteiger partial charge < -0.3 is 18.6 Å². The van der Waals surface area contributed by atoms with Crippen molar-refractivity contribution in [1.82, 2.24) is 9.80 Å². The lowest BCUT2D eigenvalue weighted by Crippen LogP contribution is -2.69. The topological polar surface area (TPSA) is 66.9 Å². The fourth-order valence-corrected chi connectivity index (χ4v) is 7.33. The number of carbonyl (C=O) groups is 2. The highest BCUT2D eigenvalue weighted by Gasteiger charge is 2.55. The van der Waals surface area contributed by atoms with Crippen molar-refractivity contribution in [3.8, 4) is 22.6 Å². The second-order valence-corrected chi connectivity index (χ2v) is 11.7. The highest BCUT2D eigenvalue weighted by atomic mass is 16.3. The Kier molecular flexibility index (Phi) is 6.14. The number of nitrogens with zero attached hydrogens (tertiary/aromatic N) is 2. The Labute approximate surface area is 234 Å². The largest absolute Gasteiger partial charge is 0.464 e. The van der Waals surface area contributed by atoms with Gasteiger partial charge in [0.15, 0.2) is 0 Å². The predicted octanol–water partition coefficient (Wildman–Crippen LogP) is 7.26. The molecule has 2 aromatic heterocycles. The fraction of sp³-hybridized carbons (Fsp3) is 0.353. The zero-order valence-electron chi connectivity index (χ0n) is 22.9. The van der Waals surface area contributed by atoms with E-state index < -0.39 is 12.1 Å². The molecule has 0 radical (unpaired) electrons. The number of piperazine rings is 1. The van der Waals surface area contributed by atoms with E-state index in [0.717, 1.165) is 46.6 Å². The average molecular weight is 535 g/mol. The van der Waals surface area contributed by atoms with Crippen molar-refractivity contribution >= 4 is 11.8 Å². The monoisotopic (exact) mass is 534 g/mol. The van der Waals surface area contributed by atoms with Gasteiger partial charge >= 0.3 is 0 Å². The van der Waals surface area contributed by atoms with Gasteiger partial charge in [0.1, 0.15) is 23.6 Å². The van der Waals surface area contributed by atoms with Gasteiger partial charge in [0.05, 0.1) is 24.6 Å². The van der Waals surface area contributed by atoms with Gasteiger partial charge in [-0.3, -0.25) is 9.59 Å². The van der Waals surface area contributed by atoms with E-state index in [9.17, 15) is 9.59 Å². The Morgan fingerprint density at radius 2 is 0.975 bits per heavy atom. The van der Waals surface area contributed by atoms with Crippen LogP contribution in [0.15, 0.2) is 94.2 Å². The summed E-state index contributed by atoms with van der Waals surface area (Å²) in [5, 5.41) is 0. The first kappa shape index (κ1) is 24.9. The van der Waals surface area contributed by atoms with Crippen molar-refractivity contribution in [1.29, 1.82) is 0 Å². The molecule has 2 amide bonds. The minimum Gasteiger partial charge on any atom is -0.464 e. The molecule has 5 heterocycles. The van der Waals surface area contributed by atoms with Crippen LogP contribution in [-0.4, -0.2) is 33.7 Å². The zero-order valence-corrected chi connectivity index (χ0v) is 22.9. The second-order valence-electron chi connectivity index (χ2n) is 11.7. The Hall–Kier alpha value is -4.06. The maximum absolute atomic E-state index is 14.3. The van der Waals surface area contributed by atoms with Gasteiger partial charge in [-0.15, -0.1) is 0 Å². The summed E-state index contributed by atoms with van der Waals surface area (Å²) < 4.78 is 11.1. The van der Waals surface area contributed by atoms with Crippen LogP contribution in [0.5, 0.6) is 0 Å². The summed E-state index contributed by atoms with van der Waals surface area (Å²) in [4.78, 5) is 32.5. The molecular weight excluding hydrogens is 500 g/mol. The van der Waals surface area contributed by atoms with Crippen molar-refractivity contribution in [2.45, 2.75) is 63.7 Å². The number of fused-ring (bicyclic) bond motifs is 2. The molecule has 0 unspecified atom stereocenters. The molecule has 0 N–H and O–H groups in total. The minimum absolute atomic E-state index is 0.0976. The highest BCUT2D eigenvalue weighted by molar-refractivity contribution is 5.98. The summed E-state index contributed by atoms with van der Waals surface area (Å²) in [5.41, 5.74) is 4.17. The van der Waals surface area contributed by atoms with Crippen molar-refractivity contribution in [3.05, 3.63) is 96.4 Å². The third-order valence-electron chi connectivity index (χ3n) is 9.33. The second kappa shape index (κ2) is 9.84. The van der Waals surface area contributed by atoms with Crippen molar-refractivity contribution in [2.24, 2.45) is 11.8 Å². The summed E-state index contributed by atoms with van der Waals surface area (Å²) >= 11 is 0. The lowest BCUT2D eigenvalue weighted by atomic mass is 9.76. The summed E-state index contributed by atoms with van der Waals surface area (Å²) in [6.07, 6.45) is 6.56. The van der Waals surface area contributed by atoms with Crippen LogP contribution in [0.2, 0.25) is 0 Å². The van der Waals surface area contributed by atoms with E-state index >= 15 is 0 Å². The van der Waals surface area contributed by atoms with Gasteiger partial charge in [0.2, 0.25) is 11.8 Å². The van der Waals surface area contributed by atoms with Crippen molar-refractivity contribution in [3.63, 3.8) is 0 Å². The maximum atomic E-state index is 14.3. The number of hydrogen-bond acceptors (Lipinski definition) is 4. The molecule has 3 saturated heterocycles. The molecule has 4 aromatic rings. The molecule has 0 saturated carbocycles. The number of amides is 2. The van der Waals surface area contributed by atoms with Crippen LogP contribution in [0.4, 0.5) is 0 Å². The van der Waals surface area contributed by atoms with E-state index in [1.54, 1.807) is 12.5 Å². The molecule has 40 heavy (non-hydrogen) atoms. The van der Waals surface area contributed by atoms with Gasteiger partial charge in [0.25, 0.3) is 0 Å². The number of furan rings is 2. The maximum Gasteiger partial charge on any atom is 0.246 e. The van der Waals surface area contributed by atoms with Crippen LogP contribution in [-0.2, 0) is 9.59 Å². The Balaban J connectivity index is 1.20. The average Bonchev–Trinajstić information content (AvgIpc) is 3.71. The van der Waals surface area contributed by atoms with Crippen LogP contribution in [0.25, 0.3) is 22.6 Å². The lowest BCUT2D eigenvalue weighted by molar-refractivity contribution is -0.177. The molecule has 204 valence electrons. The highest BCUT2D eigenvalue weighted by Crippen LogP contribution is 2.48. The number of carbonyl (C=O) groups excluding carboxylic acids is 2. The summed E-state index contributed by atoms with van der Waals surface area (Å²) in [6.45, 7) is 4.41. The van der Waals surface area contributed by atoms with Gasteiger partial charge in [-0.25, -0.2) is 0 Å². The molecule has 3 fully saturated rings. The summed E-state index contributed by atoms with van der Waals surface area (Å²) in [7, 11) is 0. The molecule has 0 aliphatic carbocycles. The third kappa shape index (κ3) is 4.00. The smallest absolute Gasteiger partial charge is 0.246 e. The quantitative estimate of drug-likeness (QED) is 0.276. The number of hydrogen-bond donors (Lipinski definition) is 0. The van der Waals surface area contributed by atoms with Crippen LogP contribution >= 0.6 is 0 Å². The molecule has 7 rings (SSSR count). The molecule has 6 nitrogen and oxygen atoms in total. The molecule has 6 heteroatoms. The Morgan fingerprint density at radius 1 is 0.575 bits per heavy atom. The van der Waals surface area contributed by atoms with Gasteiger partial charge in [-0.2, -0.15) is 0 Å². The van der Waals surface area contributed by atoms with Crippen molar-refractivity contribution < 1.29 is 18.4 Å². The van der Waals surface area contributed by atoms with Crippen LogP contribution in [0.1, 0.15) is 62.7 Å². The van der Waals surface area contributed by atoms with E-state index in [4.69, 9.17) is 8.83 Å². The van der Waals surface area contributed by atoms with Gasteiger partial charge in [-0.05, 0) is 72.9 Å². The third-order valence-corrected chi connectivity index (χ3v) is 9.33. The van der Waals surface area contributed by atoms with Crippen LogP contribution < -0.4 is 0 Å². The van der Waals surface area contributed by atoms with Gasteiger partial charge in [0, 0.05) is 11.1 Å². The van der Waals surface area contributed by atoms with E-state index in [1.807, 2.05) is 34.1 Å². The number of benzene rings is 2. The van der Waals surface area contributed by atoms with Crippen molar-refractivity contribution in [2.75, 3.05) is 0 Å². The Bertz CT molecular complexity index is 1370. The molecule has 0 spiro atoms. The summed E-state index contributed by atoms with van der Waals surface area (Å²) in [6, 6.07) is 23.2. The SMILES string of the molecule is C[C@@H]1CC[C@H]2C(=O)N3[C@@H](CC[C@@H](C)[C@@H]3c3ccc(-c4ccco4)cc3)C(=O)N2[C@@H]1c1ccc(-c2ccco2)cc1. The molecule has 2 aromatic carbocycles. The minimum atomic E-state index is -0.426. The predicted molar refractivity (Wildman–Crippen MR) is 152 cm³/mol. The zero-order chi connectivity index (χ0) is 27.4. The molecular formula is C34H34N2O4. The van der Waals surface area contributed by atoms with Crippen LogP contribution in [0.3, 0.4) is 0 Å². The molecule has 0 bridgehead atoms. The number of piperidine rings is 2. The molecule has 6 atom stereocenters. The fourth-order valence-electron chi connectivity index (χ4n) is 7.33. The van der Waals surface area contributed by atoms with E-state index in [2.05, 4.69) is 62.4 Å². The van der Waals surface area contributed by atoms with Gasteiger partial charge in [-0.1, -0.05) is 62.4 Å². The first-order chi connectivity index (χ1) is 19.5. The van der Waals surface area contributed by atoms with Crippen LogP contribution in [0, 0.1) is 11.8 Å². The Morgan fingerprint density at radius 3 is 1.32 bits per heavy atom. The van der Waals surface area contributed by atoms with E-state index in [1.165, 1.54) is 0 Å². The summed E-state index contributed by atoms with van der Waals surface area (Å²) in [5.74, 6) is 2.37. The number of rotatable bonds is 4. The van der Waals surface area contributed by atoms with E-state index in [0.29, 0.717) is 12.8 Å². The first-order valence-corrected chi connectivity index (χ1v) is 14.4.